The molecule has 3 bridgehead atoms. The molecule has 0 amide bonds. The molecular formula is C29H30O3. The summed E-state index contributed by atoms with van der Waals surface area (Å²) in [4.78, 5) is 11.3. The van der Waals surface area contributed by atoms with Gasteiger partial charge in [0.1, 0.15) is 5.75 Å². The minimum Gasteiger partial charge on any atom is -0.496 e. The summed E-state index contributed by atoms with van der Waals surface area (Å²) in [6.45, 7) is 0. The van der Waals surface area contributed by atoms with E-state index in [2.05, 4.69) is 30.3 Å². The Morgan fingerprint density at radius 3 is 2.22 bits per heavy atom. The van der Waals surface area contributed by atoms with Crippen LogP contribution in [0.25, 0.3) is 21.9 Å². The van der Waals surface area contributed by atoms with Crippen LogP contribution < -0.4 is 4.74 Å². The van der Waals surface area contributed by atoms with Gasteiger partial charge in [-0.3, -0.25) is 0 Å². The van der Waals surface area contributed by atoms with E-state index in [-0.39, 0.29) is 0 Å². The van der Waals surface area contributed by atoms with Gasteiger partial charge in [-0.25, -0.2) is 4.79 Å². The Hall–Kier alpha value is -2.81. The molecule has 164 valence electrons. The summed E-state index contributed by atoms with van der Waals surface area (Å²) < 4.78 is 5.84. The Balaban J connectivity index is 1.36. The number of benzene rings is 3. The van der Waals surface area contributed by atoms with Crippen molar-refractivity contribution >= 4 is 16.7 Å². The Kier molecular flexibility index (Phi) is 4.74. The number of methoxy groups -OCH3 is 1. The van der Waals surface area contributed by atoms with E-state index in [1.807, 2.05) is 12.1 Å². The van der Waals surface area contributed by atoms with Crippen molar-refractivity contribution in [1.82, 2.24) is 0 Å². The Labute approximate surface area is 189 Å². The van der Waals surface area contributed by atoms with Crippen LogP contribution in [0.4, 0.5) is 0 Å². The third kappa shape index (κ3) is 3.39. The summed E-state index contributed by atoms with van der Waals surface area (Å²) in [6, 6.07) is 18.3. The lowest BCUT2D eigenvalue weighted by atomic mass is 9.76. The molecule has 0 aromatic heterocycles. The molecule has 3 saturated carbocycles. The van der Waals surface area contributed by atoms with Crippen molar-refractivity contribution in [2.24, 2.45) is 23.7 Å². The minimum absolute atomic E-state index is 0.328. The summed E-state index contributed by atoms with van der Waals surface area (Å²) >= 11 is 0. The SMILES string of the molecule is COc1ccc(-c2ccc3cc(C(=O)O)ccc3c2)cc1C1CC2CC3CC(C2)C(C3)C1. The van der Waals surface area contributed by atoms with Gasteiger partial charge in [0.15, 0.2) is 0 Å². The average Bonchev–Trinajstić information content (AvgIpc) is 3.02. The molecule has 3 aliphatic rings. The molecule has 3 heteroatoms. The third-order valence-electron chi connectivity index (χ3n) is 8.54. The van der Waals surface area contributed by atoms with Crippen LogP contribution in [0.15, 0.2) is 54.6 Å². The molecule has 1 N–H and O–H groups in total. The fraction of sp³-hybridized carbons (Fsp3) is 0.414. The highest BCUT2D eigenvalue weighted by atomic mass is 16.5. The Morgan fingerprint density at radius 2 is 1.44 bits per heavy atom. The van der Waals surface area contributed by atoms with E-state index in [9.17, 15) is 9.90 Å². The van der Waals surface area contributed by atoms with E-state index in [0.29, 0.717) is 11.5 Å². The fourth-order valence-corrected chi connectivity index (χ4v) is 7.20. The smallest absolute Gasteiger partial charge is 0.335 e. The van der Waals surface area contributed by atoms with Crippen molar-refractivity contribution in [2.45, 2.75) is 44.4 Å². The highest BCUT2D eigenvalue weighted by Gasteiger charge is 2.45. The molecule has 3 nitrogen and oxygen atoms in total. The van der Waals surface area contributed by atoms with Gasteiger partial charge in [-0.15, -0.1) is 0 Å². The molecular weight excluding hydrogens is 396 g/mol. The van der Waals surface area contributed by atoms with Crippen molar-refractivity contribution < 1.29 is 14.6 Å². The lowest BCUT2D eigenvalue weighted by Gasteiger charge is -2.29. The molecule has 3 aliphatic carbocycles. The number of aromatic carboxylic acids is 1. The molecule has 0 aliphatic heterocycles. The maximum absolute atomic E-state index is 11.3. The fourth-order valence-electron chi connectivity index (χ4n) is 7.20. The van der Waals surface area contributed by atoms with Gasteiger partial charge in [-0.05, 0) is 126 Å². The molecule has 32 heavy (non-hydrogen) atoms. The first-order valence-electron chi connectivity index (χ1n) is 12.0. The lowest BCUT2D eigenvalue weighted by molar-refractivity contribution is 0.0697. The predicted molar refractivity (Wildman–Crippen MR) is 127 cm³/mol. The molecule has 0 spiro atoms. The van der Waals surface area contributed by atoms with Crippen LogP contribution in [0.5, 0.6) is 5.75 Å². The molecule has 3 aromatic carbocycles. The van der Waals surface area contributed by atoms with Gasteiger partial charge in [-0.1, -0.05) is 24.3 Å². The van der Waals surface area contributed by atoms with Gasteiger partial charge in [0, 0.05) is 0 Å². The van der Waals surface area contributed by atoms with Crippen molar-refractivity contribution in [3.63, 3.8) is 0 Å². The summed E-state index contributed by atoms with van der Waals surface area (Å²) in [5, 5.41) is 11.3. The second-order valence-electron chi connectivity index (χ2n) is 10.4. The number of rotatable bonds is 4. The van der Waals surface area contributed by atoms with Gasteiger partial charge >= 0.3 is 5.97 Å². The second-order valence-corrected chi connectivity index (χ2v) is 10.4. The number of carboxylic acid groups (broad SMARTS) is 1. The second kappa shape index (κ2) is 7.65. The molecule has 0 heterocycles. The number of hydrogen-bond donors (Lipinski definition) is 1. The molecule has 3 aromatic rings. The van der Waals surface area contributed by atoms with Crippen LogP contribution in [0.3, 0.4) is 0 Å². The summed E-state index contributed by atoms with van der Waals surface area (Å²) in [7, 11) is 1.79. The van der Waals surface area contributed by atoms with Gasteiger partial charge < -0.3 is 9.84 Å². The zero-order valence-electron chi connectivity index (χ0n) is 18.6. The maximum Gasteiger partial charge on any atom is 0.335 e. The number of ether oxygens (including phenoxy) is 1. The zero-order chi connectivity index (χ0) is 21.8. The monoisotopic (exact) mass is 426 g/mol. The van der Waals surface area contributed by atoms with Crippen molar-refractivity contribution in [3.05, 3.63) is 65.7 Å². The van der Waals surface area contributed by atoms with E-state index in [0.717, 1.165) is 40.2 Å². The van der Waals surface area contributed by atoms with Crippen LogP contribution in [0.1, 0.15) is 60.4 Å². The Bertz CT molecular complexity index is 1190. The van der Waals surface area contributed by atoms with E-state index < -0.39 is 5.97 Å². The third-order valence-corrected chi connectivity index (χ3v) is 8.54. The quantitative estimate of drug-likeness (QED) is 0.482. The van der Waals surface area contributed by atoms with Crippen molar-refractivity contribution in [3.8, 4) is 16.9 Å². The van der Waals surface area contributed by atoms with Crippen LogP contribution >= 0.6 is 0 Å². The van der Waals surface area contributed by atoms with Crippen LogP contribution in [-0.2, 0) is 0 Å². The number of fused-ring (bicyclic) bond motifs is 3. The highest BCUT2D eigenvalue weighted by Crippen LogP contribution is 2.57. The number of carbonyl (C=O) groups is 1. The van der Waals surface area contributed by atoms with Crippen LogP contribution in [0, 0.1) is 23.7 Å². The van der Waals surface area contributed by atoms with Crippen molar-refractivity contribution in [1.29, 1.82) is 0 Å². The standard InChI is InChI=1S/C29H30O3/c1-32-28-7-6-22(20-2-3-21-14-23(29(30)31)5-4-19(21)13-20)16-27(28)26-12-18-8-17-9-24(10-18)25(11-17)15-26/h2-7,13-14,16-18,24-26H,8-12,15H2,1H3,(H,30,31). The van der Waals surface area contributed by atoms with Gasteiger partial charge in [0.2, 0.25) is 0 Å². The van der Waals surface area contributed by atoms with Crippen molar-refractivity contribution in [2.75, 3.05) is 7.11 Å². The van der Waals surface area contributed by atoms with E-state index in [1.165, 1.54) is 55.2 Å². The first-order chi connectivity index (χ1) is 15.6. The first kappa shape index (κ1) is 19.8. The highest BCUT2D eigenvalue weighted by molar-refractivity contribution is 5.95. The first-order valence-corrected chi connectivity index (χ1v) is 12.0. The maximum atomic E-state index is 11.3. The largest absolute Gasteiger partial charge is 0.496 e. The van der Waals surface area contributed by atoms with Gasteiger partial charge in [0.05, 0.1) is 12.7 Å². The van der Waals surface area contributed by atoms with Crippen LogP contribution in [0.2, 0.25) is 0 Å². The minimum atomic E-state index is -0.888. The average molecular weight is 427 g/mol. The van der Waals surface area contributed by atoms with Gasteiger partial charge in [-0.2, -0.15) is 0 Å². The normalized spacial score (nSPS) is 28.6. The summed E-state index contributed by atoms with van der Waals surface area (Å²) in [6.07, 6.45) is 8.43. The van der Waals surface area contributed by atoms with E-state index in [1.54, 1.807) is 19.2 Å². The lowest BCUT2D eigenvalue weighted by Crippen LogP contribution is -2.16. The van der Waals surface area contributed by atoms with Crippen LogP contribution in [-0.4, -0.2) is 18.2 Å². The number of carboxylic acids is 1. The molecule has 5 atom stereocenters. The molecule has 3 fully saturated rings. The summed E-state index contributed by atoms with van der Waals surface area (Å²) in [5.41, 5.74) is 4.08. The Morgan fingerprint density at radius 1 is 0.781 bits per heavy atom. The predicted octanol–water partition coefficient (Wildman–Crippen LogP) is 7.14. The zero-order valence-corrected chi connectivity index (χ0v) is 18.6. The molecule has 6 rings (SSSR count). The number of hydrogen-bond acceptors (Lipinski definition) is 2. The molecule has 0 saturated heterocycles. The van der Waals surface area contributed by atoms with E-state index in [4.69, 9.17) is 4.74 Å². The van der Waals surface area contributed by atoms with E-state index >= 15 is 0 Å². The van der Waals surface area contributed by atoms with Gasteiger partial charge in [0.25, 0.3) is 0 Å². The molecule has 0 radical (unpaired) electrons. The summed E-state index contributed by atoms with van der Waals surface area (Å²) in [5.74, 6) is 4.47. The molecule has 5 unspecified atom stereocenters. The topological polar surface area (TPSA) is 46.5 Å².